The van der Waals surface area contributed by atoms with E-state index in [9.17, 15) is 4.79 Å². The molecule has 1 aliphatic heterocycles. The van der Waals surface area contributed by atoms with Crippen LogP contribution in [0.15, 0.2) is 4.99 Å². The van der Waals surface area contributed by atoms with Gasteiger partial charge in [0.05, 0.1) is 6.54 Å². The molecule has 1 aliphatic rings. The molecule has 2 rings (SSSR count). The number of nitrogens with zero attached hydrogens (tertiary/aromatic N) is 5. The predicted octanol–water partition coefficient (Wildman–Crippen LogP) is 0.760. The Morgan fingerprint density at radius 2 is 2.23 bits per heavy atom. The standard InChI is InChI=1S/C16H29N7OS.HI/c1-5-13-20-14-7-6-12(11-23(14)21-13)19-16(17-8-9-25-4)18-10-15(24)22(2)3;/h12H,5-11H2,1-4H3,(H2,17,18,19);1H. The fourth-order valence-corrected chi connectivity index (χ4v) is 2.84. The van der Waals surface area contributed by atoms with Crippen LogP contribution in [0.5, 0.6) is 0 Å². The number of thioether (sulfide) groups is 1. The molecule has 1 unspecified atom stereocenters. The summed E-state index contributed by atoms with van der Waals surface area (Å²) in [6.45, 7) is 3.79. The van der Waals surface area contributed by atoms with Crippen LogP contribution in [0.4, 0.5) is 0 Å². The van der Waals surface area contributed by atoms with Gasteiger partial charge in [-0.3, -0.25) is 4.79 Å². The number of hydrogen-bond acceptors (Lipinski definition) is 5. The zero-order valence-electron chi connectivity index (χ0n) is 16.0. The first-order chi connectivity index (χ1) is 12.0. The lowest BCUT2D eigenvalue weighted by Crippen LogP contribution is -2.48. The van der Waals surface area contributed by atoms with E-state index in [-0.39, 0.29) is 42.5 Å². The van der Waals surface area contributed by atoms with Gasteiger partial charge in [-0.05, 0) is 12.7 Å². The number of likely N-dealkylation sites (N-methyl/N-ethyl adjacent to an activating group) is 1. The predicted molar refractivity (Wildman–Crippen MR) is 117 cm³/mol. The molecular weight excluding hydrogens is 465 g/mol. The maximum atomic E-state index is 11.8. The van der Waals surface area contributed by atoms with Crippen LogP contribution in [0.2, 0.25) is 0 Å². The highest BCUT2D eigenvalue weighted by Gasteiger charge is 2.22. The third kappa shape index (κ3) is 6.93. The van der Waals surface area contributed by atoms with Gasteiger partial charge in [-0.1, -0.05) is 6.92 Å². The van der Waals surface area contributed by atoms with Crippen LogP contribution in [0.1, 0.15) is 25.0 Å². The first kappa shape index (κ1) is 23.0. The van der Waals surface area contributed by atoms with Crippen LogP contribution >= 0.6 is 35.7 Å². The molecule has 0 aromatic carbocycles. The van der Waals surface area contributed by atoms with E-state index in [0.717, 1.165) is 49.8 Å². The number of carbonyl (C=O) groups excluding carboxylic acids is 1. The van der Waals surface area contributed by atoms with Crippen molar-refractivity contribution in [3.8, 4) is 0 Å². The Balaban J connectivity index is 0.00000338. The quantitative estimate of drug-likeness (QED) is 0.252. The van der Waals surface area contributed by atoms with Crippen LogP contribution in [-0.4, -0.2) is 76.8 Å². The van der Waals surface area contributed by atoms with Gasteiger partial charge >= 0.3 is 0 Å². The van der Waals surface area contributed by atoms with Crippen molar-refractivity contribution < 1.29 is 4.79 Å². The summed E-state index contributed by atoms with van der Waals surface area (Å²) >= 11 is 1.77. The van der Waals surface area contributed by atoms with Crippen molar-refractivity contribution in [3.05, 3.63) is 11.6 Å². The van der Waals surface area contributed by atoms with Crippen LogP contribution in [0.3, 0.4) is 0 Å². The van der Waals surface area contributed by atoms with Gasteiger partial charge in [0.1, 0.15) is 12.4 Å². The lowest BCUT2D eigenvalue weighted by atomic mass is 10.1. The van der Waals surface area contributed by atoms with Crippen molar-refractivity contribution in [3.63, 3.8) is 0 Å². The molecule has 1 amide bonds. The molecule has 0 saturated carbocycles. The number of halogens is 1. The lowest BCUT2D eigenvalue weighted by Gasteiger charge is -2.25. The molecule has 0 radical (unpaired) electrons. The minimum Gasteiger partial charge on any atom is -0.356 e. The molecule has 2 heterocycles. The molecule has 8 nitrogen and oxygen atoms in total. The van der Waals surface area contributed by atoms with Gasteiger partial charge < -0.3 is 15.5 Å². The molecule has 0 bridgehead atoms. The Morgan fingerprint density at radius 3 is 2.88 bits per heavy atom. The molecule has 0 spiro atoms. The number of carbonyl (C=O) groups is 1. The van der Waals surface area contributed by atoms with Crippen molar-refractivity contribution in [1.29, 1.82) is 0 Å². The minimum atomic E-state index is -0.0132. The van der Waals surface area contributed by atoms with Crippen LogP contribution < -0.4 is 10.6 Å². The van der Waals surface area contributed by atoms with Gasteiger partial charge in [-0.25, -0.2) is 14.7 Å². The smallest absolute Gasteiger partial charge is 0.243 e. The molecule has 2 N–H and O–H groups in total. The Labute approximate surface area is 177 Å². The Morgan fingerprint density at radius 1 is 1.46 bits per heavy atom. The highest BCUT2D eigenvalue weighted by atomic mass is 127. The summed E-state index contributed by atoms with van der Waals surface area (Å²) in [5.41, 5.74) is 0. The van der Waals surface area contributed by atoms with Crippen molar-refractivity contribution in [2.75, 3.05) is 39.2 Å². The first-order valence-electron chi connectivity index (χ1n) is 8.70. The van der Waals surface area contributed by atoms with Crippen molar-refractivity contribution in [2.45, 2.75) is 38.8 Å². The van der Waals surface area contributed by atoms with Gasteiger partial charge in [-0.15, -0.1) is 24.0 Å². The first-order valence-corrected chi connectivity index (χ1v) is 10.1. The fraction of sp³-hybridized carbons (Fsp3) is 0.750. The molecule has 148 valence electrons. The van der Waals surface area contributed by atoms with E-state index in [4.69, 9.17) is 0 Å². The summed E-state index contributed by atoms with van der Waals surface area (Å²) in [7, 11) is 3.48. The van der Waals surface area contributed by atoms with E-state index in [0.29, 0.717) is 5.96 Å². The second kappa shape index (κ2) is 11.6. The third-order valence-corrected chi connectivity index (χ3v) is 4.64. The number of aromatic nitrogens is 3. The normalized spacial score (nSPS) is 16.5. The lowest BCUT2D eigenvalue weighted by molar-refractivity contribution is -0.127. The Hall–Kier alpha value is -1.04. The molecular formula is C16H30IN7OS. The van der Waals surface area contributed by atoms with E-state index in [1.807, 2.05) is 4.68 Å². The largest absolute Gasteiger partial charge is 0.356 e. The summed E-state index contributed by atoms with van der Waals surface area (Å²) in [6, 6.07) is 0.230. The van der Waals surface area contributed by atoms with Gasteiger partial charge in [0.25, 0.3) is 0 Å². The average molecular weight is 495 g/mol. The molecule has 0 fully saturated rings. The molecule has 1 aromatic heterocycles. The topological polar surface area (TPSA) is 87.4 Å². The molecule has 0 saturated heterocycles. The summed E-state index contributed by atoms with van der Waals surface area (Å²) in [5.74, 6) is 3.63. The monoisotopic (exact) mass is 495 g/mol. The van der Waals surface area contributed by atoms with Crippen molar-refractivity contribution in [2.24, 2.45) is 4.99 Å². The van der Waals surface area contributed by atoms with Gasteiger partial charge in [0, 0.05) is 45.3 Å². The second-order valence-electron chi connectivity index (χ2n) is 6.23. The number of amides is 1. The summed E-state index contributed by atoms with van der Waals surface area (Å²) < 4.78 is 1.99. The molecule has 1 atom stereocenters. The summed E-state index contributed by atoms with van der Waals surface area (Å²) in [5, 5.41) is 11.3. The van der Waals surface area contributed by atoms with Gasteiger partial charge in [0.2, 0.25) is 5.91 Å². The van der Waals surface area contributed by atoms with Crippen molar-refractivity contribution in [1.82, 2.24) is 30.3 Å². The average Bonchev–Trinajstić information content (AvgIpc) is 3.01. The summed E-state index contributed by atoms with van der Waals surface area (Å²) in [4.78, 5) is 22.3. The van der Waals surface area contributed by atoms with Crippen molar-refractivity contribution >= 4 is 47.6 Å². The number of rotatable bonds is 7. The van der Waals surface area contributed by atoms with Crippen LogP contribution in [0, 0.1) is 0 Å². The van der Waals surface area contributed by atoms with E-state index >= 15 is 0 Å². The highest BCUT2D eigenvalue weighted by molar-refractivity contribution is 14.0. The molecule has 1 aromatic rings. The number of aryl methyl sites for hydroxylation is 2. The zero-order valence-corrected chi connectivity index (χ0v) is 19.1. The maximum Gasteiger partial charge on any atom is 0.243 e. The van der Waals surface area contributed by atoms with Gasteiger partial charge in [0.15, 0.2) is 11.8 Å². The van der Waals surface area contributed by atoms with Crippen LogP contribution in [0.25, 0.3) is 0 Å². The molecule has 0 aliphatic carbocycles. The van der Waals surface area contributed by atoms with E-state index < -0.39 is 0 Å². The second-order valence-corrected chi connectivity index (χ2v) is 7.22. The Bertz CT molecular complexity index is 605. The highest BCUT2D eigenvalue weighted by Crippen LogP contribution is 2.13. The molecule has 26 heavy (non-hydrogen) atoms. The maximum absolute atomic E-state index is 11.8. The fourth-order valence-electron chi connectivity index (χ4n) is 2.53. The molecule has 10 heteroatoms. The van der Waals surface area contributed by atoms with E-state index in [1.165, 1.54) is 0 Å². The van der Waals surface area contributed by atoms with E-state index in [2.05, 4.69) is 38.9 Å². The number of hydrogen-bond donors (Lipinski definition) is 2. The van der Waals surface area contributed by atoms with E-state index in [1.54, 1.807) is 30.8 Å². The van der Waals surface area contributed by atoms with Gasteiger partial charge in [-0.2, -0.15) is 16.9 Å². The number of aliphatic imine (C=N–C) groups is 1. The third-order valence-electron chi connectivity index (χ3n) is 4.03. The number of nitrogens with one attached hydrogen (secondary N) is 2. The Kier molecular flexibility index (Phi) is 10.3. The number of guanidine groups is 1. The van der Waals surface area contributed by atoms with Crippen LogP contribution in [-0.2, 0) is 24.2 Å². The summed E-state index contributed by atoms with van der Waals surface area (Å²) in [6.07, 6.45) is 4.81. The SMILES string of the molecule is CCc1nc2n(n1)CC(NC(=NCC(=O)N(C)C)NCCSC)CC2.I. The number of fused-ring (bicyclic) bond motifs is 1. The zero-order chi connectivity index (χ0) is 18.2. The minimum absolute atomic E-state index is 0.